The van der Waals surface area contributed by atoms with Crippen LogP contribution in [-0.4, -0.2) is 17.9 Å². The molecule has 1 heterocycles. The number of carbonyl (C=O) groups excluding carboxylic acids is 1. The summed E-state index contributed by atoms with van der Waals surface area (Å²) in [6.07, 6.45) is 1.66. The summed E-state index contributed by atoms with van der Waals surface area (Å²) in [7, 11) is 1.69. The van der Waals surface area contributed by atoms with Crippen molar-refractivity contribution in [3.63, 3.8) is 0 Å². The van der Waals surface area contributed by atoms with Crippen molar-refractivity contribution in [1.29, 1.82) is 0 Å². The number of hydrogen-bond acceptors (Lipinski definition) is 3. The minimum absolute atomic E-state index is 0.144. The van der Waals surface area contributed by atoms with Crippen LogP contribution in [-0.2, 0) is 0 Å². The molecule has 0 unspecified atom stereocenters. The maximum atomic E-state index is 12.2. The first-order valence-electron chi connectivity index (χ1n) is 4.72. The first kappa shape index (κ1) is 12.5. The number of carbonyl (C=O) groups is 1. The van der Waals surface area contributed by atoms with E-state index in [1.807, 2.05) is 5.38 Å². The molecule has 0 aliphatic rings. The third-order valence-corrected chi connectivity index (χ3v) is 3.94. The van der Waals surface area contributed by atoms with Gasteiger partial charge < -0.3 is 0 Å². The molecule has 1 aromatic heterocycles. The van der Waals surface area contributed by atoms with Gasteiger partial charge in [0.1, 0.15) is 0 Å². The predicted molar refractivity (Wildman–Crippen MR) is 74.0 cm³/mol. The highest BCUT2D eigenvalue weighted by molar-refractivity contribution is 9.10. The van der Waals surface area contributed by atoms with E-state index in [1.165, 1.54) is 16.2 Å². The van der Waals surface area contributed by atoms with Gasteiger partial charge >= 0.3 is 0 Å². The lowest BCUT2D eigenvalue weighted by atomic mass is 10.2. The van der Waals surface area contributed by atoms with Crippen LogP contribution in [0.4, 0.5) is 5.13 Å². The lowest BCUT2D eigenvalue weighted by Crippen LogP contribution is -2.26. The number of aromatic nitrogens is 1. The molecular weight excluding hydrogens is 324 g/mol. The quantitative estimate of drug-likeness (QED) is 0.838. The van der Waals surface area contributed by atoms with Gasteiger partial charge in [-0.2, -0.15) is 0 Å². The molecule has 0 spiro atoms. The molecule has 17 heavy (non-hydrogen) atoms. The summed E-state index contributed by atoms with van der Waals surface area (Å²) in [5.41, 5.74) is 0.523. The zero-order valence-corrected chi connectivity index (χ0v) is 12.0. The highest BCUT2D eigenvalue weighted by Crippen LogP contribution is 2.25. The van der Waals surface area contributed by atoms with Crippen LogP contribution in [0.15, 0.2) is 34.2 Å². The number of nitrogens with zero attached hydrogens (tertiary/aromatic N) is 2. The average molecular weight is 332 g/mol. The predicted octanol–water partition coefficient (Wildman–Crippen LogP) is 3.84. The Bertz CT molecular complexity index is 544. The molecule has 1 aromatic carbocycles. The minimum atomic E-state index is -0.144. The Balaban J connectivity index is 2.34. The fraction of sp³-hybridized carbons (Fsp3) is 0.0909. The molecule has 0 bridgehead atoms. The summed E-state index contributed by atoms with van der Waals surface area (Å²) in [6, 6.07) is 5.12. The molecular formula is C11H8BrClN2OS. The molecule has 2 rings (SSSR count). The van der Waals surface area contributed by atoms with Gasteiger partial charge in [0.25, 0.3) is 5.91 Å². The largest absolute Gasteiger partial charge is 0.287 e. The van der Waals surface area contributed by atoms with Crippen molar-refractivity contribution in [2.75, 3.05) is 11.9 Å². The fourth-order valence-corrected chi connectivity index (χ4v) is 2.50. The van der Waals surface area contributed by atoms with Gasteiger partial charge in [-0.3, -0.25) is 9.69 Å². The van der Waals surface area contributed by atoms with Gasteiger partial charge in [-0.15, -0.1) is 11.3 Å². The number of hydrogen-bond donors (Lipinski definition) is 0. The maximum Gasteiger partial charge on any atom is 0.260 e. The standard InChI is InChI=1S/C11H8BrClN2OS/c1-15(11-14-4-5-17-11)10(16)8-6-7(13)2-3-9(8)12/h2-6H,1H3. The van der Waals surface area contributed by atoms with Crippen LogP contribution in [0.5, 0.6) is 0 Å². The molecule has 0 atom stereocenters. The number of rotatable bonds is 2. The highest BCUT2D eigenvalue weighted by Gasteiger charge is 2.18. The van der Waals surface area contributed by atoms with Crippen molar-refractivity contribution < 1.29 is 4.79 Å². The zero-order chi connectivity index (χ0) is 12.4. The Labute approximate surface area is 116 Å². The van der Waals surface area contributed by atoms with Gasteiger partial charge in [-0.25, -0.2) is 4.98 Å². The minimum Gasteiger partial charge on any atom is -0.287 e. The van der Waals surface area contributed by atoms with E-state index in [1.54, 1.807) is 31.4 Å². The number of benzene rings is 1. The third kappa shape index (κ3) is 2.68. The van der Waals surface area contributed by atoms with Crippen molar-refractivity contribution in [3.8, 4) is 0 Å². The van der Waals surface area contributed by atoms with Gasteiger partial charge in [-0.1, -0.05) is 11.6 Å². The van der Waals surface area contributed by atoms with Gasteiger partial charge in [0, 0.05) is 28.1 Å². The molecule has 6 heteroatoms. The van der Waals surface area contributed by atoms with Crippen LogP contribution in [0.25, 0.3) is 0 Å². The van der Waals surface area contributed by atoms with Crippen LogP contribution < -0.4 is 4.90 Å². The van der Waals surface area contributed by atoms with Crippen molar-refractivity contribution in [2.45, 2.75) is 0 Å². The maximum absolute atomic E-state index is 12.2. The molecule has 0 saturated carbocycles. The summed E-state index contributed by atoms with van der Waals surface area (Å²) in [6.45, 7) is 0. The molecule has 0 fully saturated rings. The van der Waals surface area contributed by atoms with E-state index in [4.69, 9.17) is 11.6 Å². The summed E-state index contributed by atoms with van der Waals surface area (Å²) < 4.78 is 0.718. The molecule has 0 saturated heterocycles. The SMILES string of the molecule is CN(C(=O)c1cc(Cl)ccc1Br)c1nccs1. The fourth-order valence-electron chi connectivity index (χ4n) is 1.31. The number of thiazole rings is 1. The Morgan fingerprint density at radius 3 is 2.94 bits per heavy atom. The number of anilines is 1. The molecule has 1 amide bonds. The Morgan fingerprint density at radius 1 is 1.53 bits per heavy atom. The second kappa shape index (κ2) is 5.16. The van der Waals surface area contributed by atoms with Crippen LogP contribution >= 0.6 is 38.9 Å². The van der Waals surface area contributed by atoms with Crippen molar-refractivity contribution >= 4 is 49.9 Å². The topological polar surface area (TPSA) is 33.2 Å². The Morgan fingerprint density at radius 2 is 2.29 bits per heavy atom. The summed E-state index contributed by atoms with van der Waals surface area (Å²) in [5, 5.41) is 3.01. The summed E-state index contributed by atoms with van der Waals surface area (Å²) in [5.74, 6) is -0.144. The molecule has 0 radical (unpaired) electrons. The smallest absolute Gasteiger partial charge is 0.260 e. The van der Waals surface area contributed by atoms with Crippen LogP contribution in [0.1, 0.15) is 10.4 Å². The number of amides is 1. The van der Waals surface area contributed by atoms with Crippen molar-refractivity contribution in [1.82, 2.24) is 4.98 Å². The van der Waals surface area contributed by atoms with Gasteiger partial charge in [0.2, 0.25) is 0 Å². The molecule has 88 valence electrons. The van der Waals surface area contributed by atoms with E-state index < -0.39 is 0 Å². The number of halogens is 2. The van der Waals surface area contributed by atoms with E-state index >= 15 is 0 Å². The van der Waals surface area contributed by atoms with E-state index in [0.29, 0.717) is 15.7 Å². The monoisotopic (exact) mass is 330 g/mol. The lowest BCUT2D eigenvalue weighted by molar-refractivity contribution is 0.0992. The molecule has 0 aliphatic carbocycles. The average Bonchev–Trinajstić information content (AvgIpc) is 2.84. The first-order chi connectivity index (χ1) is 8.09. The van der Waals surface area contributed by atoms with Crippen LogP contribution in [0, 0.1) is 0 Å². The molecule has 0 N–H and O–H groups in total. The molecule has 0 aliphatic heterocycles. The molecule has 2 aromatic rings. The van der Waals surface area contributed by atoms with E-state index in [-0.39, 0.29) is 5.91 Å². The third-order valence-electron chi connectivity index (χ3n) is 2.17. The van der Waals surface area contributed by atoms with Crippen LogP contribution in [0.2, 0.25) is 5.02 Å². The second-order valence-corrected chi connectivity index (χ2v) is 5.47. The van der Waals surface area contributed by atoms with Gasteiger partial charge in [-0.05, 0) is 34.1 Å². The highest BCUT2D eigenvalue weighted by atomic mass is 79.9. The normalized spacial score (nSPS) is 10.3. The lowest BCUT2D eigenvalue weighted by Gasteiger charge is -2.14. The van der Waals surface area contributed by atoms with E-state index in [9.17, 15) is 4.79 Å². The van der Waals surface area contributed by atoms with Gasteiger partial charge in [0.05, 0.1) is 5.56 Å². The van der Waals surface area contributed by atoms with Gasteiger partial charge in [0.15, 0.2) is 5.13 Å². The zero-order valence-electron chi connectivity index (χ0n) is 8.85. The van der Waals surface area contributed by atoms with Crippen molar-refractivity contribution in [3.05, 3.63) is 44.8 Å². The Kier molecular flexibility index (Phi) is 3.81. The van der Waals surface area contributed by atoms with Crippen LogP contribution in [0.3, 0.4) is 0 Å². The molecule has 3 nitrogen and oxygen atoms in total. The summed E-state index contributed by atoms with van der Waals surface area (Å²) >= 11 is 10.6. The van der Waals surface area contributed by atoms with Crippen molar-refractivity contribution in [2.24, 2.45) is 0 Å². The van der Waals surface area contributed by atoms with E-state index in [2.05, 4.69) is 20.9 Å². The first-order valence-corrected chi connectivity index (χ1v) is 6.77. The second-order valence-electron chi connectivity index (χ2n) is 3.30. The Hall–Kier alpha value is -0.910. The van der Waals surface area contributed by atoms with E-state index in [0.717, 1.165) is 4.47 Å². The summed E-state index contributed by atoms with van der Waals surface area (Å²) in [4.78, 5) is 17.8.